The van der Waals surface area contributed by atoms with Crippen LogP contribution in [0.25, 0.3) is 11.0 Å². The summed E-state index contributed by atoms with van der Waals surface area (Å²) < 4.78 is 5.41. The summed E-state index contributed by atoms with van der Waals surface area (Å²) in [5, 5.41) is 3.57. The standard InChI is InChI=1S/C19H24N8O/c1-13-10-15-17(23-13)18(22-12-21-15)27-5-3-14(11-27)24-16-2-4-20-19(25-16)26-6-8-28-9-7-26/h2,4,10,12,14,23H,3,5-9,11H2,1H3,(H,20,24,25). The fraction of sp³-hybridized carbons (Fsp3) is 0.474. The van der Waals surface area contributed by atoms with Gasteiger partial charge in [0.25, 0.3) is 0 Å². The molecular weight excluding hydrogens is 356 g/mol. The molecule has 1 atom stereocenters. The van der Waals surface area contributed by atoms with Gasteiger partial charge in [0.2, 0.25) is 5.95 Å². The van der Waals surface area contributed by atoms with Crippen molar-refractivity contribution < 1.29 is 4.74 Å². The maximum absolute atomic E-state index is 5.41. The average molecular weight is 380 g/mol. The van der Waals surface area contributed by atoms with E-state index in [0.29, 0.717) is 6.04 Å². The number of aromatic amines is 1. The Morgan fingerprint density at radius 1 is 1.14 bits per heavy atom. The zero-order valence-corrected chi connectivity index (χ0v) is 15.9. The first-order valence-corrected chi connectivity index (χ1v) is 9.74. The van der Waals surface area contributed by atoms with E-state index < -0.39 is 0 Å². The van der Waals surface area contributed by atoms with Gasteiger partial charge >= 0.3 is 0 Å². The average Bonchev–Trinajstić information content (AvgIpc) is 3.34. The Labute approximate surface area is 163 Å². The number of ether oxygens (including phenoxy) is 1. The van der Waals surface area contributed by atoms with E-state index in [2.05, 4.69) is 41.1 Å². The zero-order valence-electron chi connectivity index (χ0n) is 15.9. The van der Waals surface area contributed by atoms with Gasteiger partial charge in [-0.1, -0.05) is 0 Å². The van der Waals surface area contributed by atoms with Crippen LogP contribution in [0.1, 0.15) is 12.1 Å². The van der Waals surface area contributed by atoms with Crippen LogP contribution in [0, 0.1) is 6.92 Å². The Kier molecular flexibility index (Phi) is 4.44. The number of aromatic nitrogens is 5. The third-order valence-electron chi connectivity index (χ3n) is 5.31. The predicted molar refractivity (Wildman–Crippen MR) is 108 cm³/mol. The van der Waals surface area contributed by atoms with Gasteiger partial charge in [-0.05, 0) is 25.5 Å². The maximum Gasteiger partial charge on any atom is 0.227 e. The lowest BCUT2D eigenvalue weighted by molar-refractivity contribution is 0.122. The second kappa shape index (κ2) is 7.23. The van der Waals surface area contributed by atoms with Crippen LogP contribution in [-0.4, -0.2) is 70.4 Å². The van der Waals surface area contributed by atoms with Gasteiger partial charge in [0.1, 0.15) is 17.7 Å². The van der Waals surface area contributed by atoms with Crippen molar-refractivity contribution in [2.24, 2.45) is 0 Å². The van der Waals surface area contributed by atoms with Gasteiger partial charge in [0.05, 0.1) is 18.7 Å². The molecule has 146 valence electrons. The molecule has 0 spiro atoms. The van der Waals surface area contributed by atoms with Crippen molar-refractivity contribution in [2.75, 3.05) is 54.5 Å². The molecular formula is C19H24N8O. The number of nitrogens with zero attached hydrogens (tertiary/aromatic N) is 6. The molecule has 0 bridgehead atoms. The quantitative estimate of drug-likeness (QED) is 0.705. The summed E-state index contributed by atoms with van der Waals surface area (Å²) in [5.74, 6) is 2.61. The van der Waals surface area contributed by atoms with E-state index in [1.54, 1.807) is 6.33 Å². The van der Waals surface area contributed by atoms with Crippen molar-refractivity contribution in [3.63, 3.8) is 0 Å². The third-order valence-corrected chi connectivity index (χ3v) is 5.31. The lowest BCUT2D eigenvalue weighted by Crippen LogP contribution is -2.37. The first kappa shape index (κ1) is 17.2. The molecule has 2 fully saturated rings. The van der Waals surface area contributed by atoms with Crippen LogP contribution >= 0.6 is 0 Å². The minimum Gasteiger partial charge on any atom is -0.378 e. The second-order valence-electron chi connectivity index (χ2n) is 7.33. The van der Waals surface area contributed by atoms with Crippen LogP contribution < -0.4 is 15.1 Å². The van der Waals surface area contributed by atoms with Crippen LogP contribution in [0.2, 0.25) is 0 Å². The van der Waals surface area contributed by atoms with E-state index in [0.717, 1.165) is 80.1 Å². The smallest absolute Gasteiger partial charge is 0.227 e. The summed E-state index contributed by atoms with van der Waals surface area (Å²) >= 11 is 0. The normalized spacial score (nSPS) is 20.1. The topological polar surface area (TPSA) is 95.1 Å². The van der Waals surface area contributed by atoms with Gasteiger partial charge in [-0.3, -0.25) is 0 Å². The van der Waals surface area contributed by atoms with Gasteiger partial charge in [0.15, 0.2) is 5.82 Å². The van der Waals surface area contributed by atoms with Gasteiger partial charge in [0, 0.05) is 44.1 Å². The number of nitrogens with one attached hydrogen (secondary N) is 2. The molecule has 0 radical (unpaired) electrons. The highest BCUT2D eigenvalue weighted by Gasteiger charge is 2.26. The molecule has 0 saturated carbocycles. The van der Waals surface area contributed by atoms with Gasteiger partial charge in [-0.25, -0.2) is 15.0 Å². The molecule has 9 nitrogen and oxygen atoms in total. The molecule has 3 aromatic rings. The highest BCUT2D eigenvalue weighted by atomic mass is 16.5. The Balaban J connectivity index is 1.29. The molecule has 9 heteroatoms. The van der Waals surface area contributed by atoms with Crippen LogP contribution in [-0.2, 0) is 4.74 Å². The van der Waals surface area contributed by atoms with E-state index >= 15 is 0 Å². The molecule has 0 aliphatic carbocycles. The highest BCUT2D eigenvalue weighted by molar-refractivity contribution is 5.86. The number of anilines is 3. The van der Waals surface area contributed by atoms with Crippen molar-refractivity contribution in [1.82, 2.24) is 24.9 Å². The summed E-state index contributed by atoms with van der Waals surface area (Å²) in [6.07, 6.45) is 4.50. The molecule has 5 rings (SSSR count). The van der Waals surface area contributed by atoms with Gasteiger partial charge < -0.3 is 24.8 Å². The van der Waals surface area contributed by atoms with Crippen LogP contribution in [0.15, 0.2) is 24.7 Å². The number of H-pyrrole nitrogens is 1. The summed E-state index contributed by atoms with van der Waals surface area (Å²) in [7, 11) is 0. The van der Waals surface area contributed by atoms with E-state index in [9.17, 15) is 0 Å². The molecule has 0 amide bonds. The minimum absolute atomic E-state index is 0.313. The third kappa shape index (κ3) is 3.33. The number of morpholine rings is 1. The Bertz CT molecular complexity index is 967. The number of aryl methyl sites for hydroxylation is 1. The second-order valence-corrected chi connectivity index (χ2v) is 7.33. The van der Waals surface area contributed by atoms with Crippen molar-refractivity contribution in [3.8, 4) is 0 Å². The summed E-state index contributed by atoms with van der Waals surface area (Å²) in [4.78, 5) is 25.9. The zero-order chi connectivity index (χ0) is 18.9. The van der Waals surface area contributed by atoms with Gasteiger partial charge in [-0.15, -0.1) is 0 Å². The lowest BCUT2D eigenvalue weighted by Gasteiger charge is -2.27. The summed E-state index contributed by atoms with van der Waals surface area (Å²) in [5.41, 5.74) is 3.07. The molecule has 28 heavy (non-hydrogen) atoms. The van der Waals surface area contributed by atoms with E-state index in [-0.39, 0.29) is 0 Å². The number of fused-ring (bicyclic) bond motifs is 1. The minimum atomic E-state index is 0.313. The number of hydrogen-bond donors (Lipinski definition) is 2. The molecule has 0 aromatic carbocycles. The molecule has 2 N–H and O–H groups in total. The first-order valence-electron chi connectivity index (χ1n) is 9.74. The van der Waals surface area contributed by atoms with Crippen molar-refractivity contribution in [3.05, 3.63) is 30.4 Å². The first-order chi connectivity index (χ1) is 13.8. The maximum atomic E-state index is 5.41. The molecule has 2 saturated heterocycles. The van der Waals surface area contributed by atoms with Crippen LogP contribution in [0.3, 0.4) is 0 Å². The van der Waals surface area contributed by atoms with E-state index in [4.69, 9.17) is 9.72 Å². The van der Waals surface area contributed by atoms with Crippen LogP contribution in [0.4, 0.5) is 17.6 Å². The number of hydrogen-bond acceptors (Lipinski definition) is 8. The molecule has 1 unspecified atom stereocenters. The van der Waals surface area contributed by atoms with Crippen molar-refractivity contribution in [2.45, 2.75) is 19.4 Å². The van der Waals surface area contributed by atoms with Crippen LogP contribution in [0.5, 0.6) is 0 Å². The summed E-state index contributed by atoms with van der Waals surface area (Å²) in [6, 6.07) is 4.30. The largest absolute Gasteiger partial charge is 0.378 e. The summed E-state index contributed by atoms with van der Waals surface area (Å²) in [6.45, 7) is 6.99. The fourth-order valence-corrected chi connectivity index (χ4v) is 3.92. The number of rotatable bonds is 4. The van der Waals surface area contributed by atoms with Crippen molar-refractivity contribution >= 4 is 28.6 Å². The monoisotopic (exact) mass is 380 g/mol. The van der Waals surface area contributed by atoms with E-state index in [1.165, 1.54) is 0 Å². The Hall–Kier alpha value is -2.94. The molecule has 5 heterocycles. The molecule has 2 aliphatic rings. The lowest BCUT2D eigenvalue weighted by atomic mass is 10.2. The van der Waals surface area contributed by atoms with Gasteiger partial charge in [-0.2, -0.15) is 4.98 Å². The Morgan fingerprint density at radius 2 is 2.04 bits per heavy atom. The fourth-order valence-electron chi connectivity index (χ4n) is 3.92. The SMILES string of the molecule is Cc1cc2ncnc(N3CCC(Nc4ccnc(N5CCOCC5)n4)C3)c2[nH]1. The highest BCUT2D eigenvalue weighted by Crippen LogP contribution is 2.27. The predicted octanol–water partition coefficient (Wildman–Crippen LogP) is 1.58. The van der Waals surface area contributed by atoms with E-state index in [1.807, 2.05) is 19.2 Å². The molecule has 3 aromatic heterocycles. The molecule has 2 aliphatic heterocycles. The van der Waals surface area contributed by atoms with Crippen molar-refractivity contribution in [1.29, 1.82) is 0 Å². The Morgan fingerprint density at radius 3 is 2.93 bits per heavy atom.